The van der Waals surface area contributed by atoms with Crippen LogP contribution in [0, 0.1) is 5.92 Å². The number of rotatable bonds is 2. The fourth-order valence-corrected chi connectivity index (χ4v) is 1.98. The molecule has 1 aromatic rings. The maximum atomic E-state index is 10.9. The standard InChI is InChI=1S/C11H13NO2/c13-11(14)9-6-7-12-10(9)8-4-2-1-3-5-8/h1-5,9-10,12H,6-7H2,(H,13,14). The molecule has 1 fully saturated rings. The van der Waals surface area contributed by atoms with Crippen molar-refractivity contribution in [2.24, 2.45) is 5.92 Å². The summed E-state index contributed by atoms with van der Waals surface area (Å²) >= 11 is 0. The van der Waals surface area contributed by atoms with Gasteiger partial charge in [0.1, 0.15) is 0 Å². The number of carbonyl (C=O) groups is 1. The Morgan fingerprint density at radius 1 is 1.36 bits per heavy atom. The lowest BCUT2D eigenvalue weighted by molar-refractivity contribution is -0.142. The van der Waals surface area contributed by atoms with Crippen molar-refractivity contribution in [1.82, 2.24) is 5.32 Å². The molecule has 2 N–H and O–H groups in total. The fraction of sp³-hybridized carbons (Fsp3) is 0.364. The molecule has 0 spiro atoms. The van der Waals surface area contributed by atoms with Gasteiger partial charge < -0.3 is 10.4 Å². The van der Waals surface area contributed by atoms with Crippen molar-refractivity contribution < 1.29 is 9.90 Å². The van der Waals surface area contributed by atoms with Gasteiger partial charge in [0.05, 0.1) is 5.92 Å². The van der Waals surface area contributed by atoms with Gasteiger partial charge in [-0.3, -0.25) is 4.79 Å². The Labute approximate surface area is 82.8 Å². The van der Waals surface area contributed by atoms with E-state index in [-0.39, 0.29) is 12.0 Å². The molecule has 14 heavy (non-hydrogen) atoms. The highest BCUT2D eigenvalue weighted by atomic mass is 16.4. The summed E-state index contributed by atoms with van der Waals surface area (Å²) in [6.45, 7) is 0.788. The van der Waals surface area contributed by atoms with Gasteiger partial charge in [-0.25, -0.2) is 0 Å². The zero-order valence-electron chi connectivity index (χ0n) is 7.81. The van der Waals surface area contributed by atoms with Gasteiger partial charge in [-0.05, 0) is 18.5 Å². The number of hydrogen-bond acceptors (Lipinski definition) is 2. The lowest BCUT2D eigenvalue weighted by Crippen LogP contribution is -2.23. The summed E-state index contributed by atoms with van der Waals surface area (Å²) in [5.74, 6) is -0.985. The fourth-order valence-electron chi connectivity index (χ4n) is 1.98. The van der Waals surface area contributed by atoms with Crippen LogP contribution in [0.1, 0.15) is 18.0 Å². The average molecular weight is 191 g/mol. The second-order valence-corrected chi connectivity index (χ2v) is 3.58. The summed E-state index contributed by atoms with van der Waals surface area (Å²) in [4.78, 5) is 10.9. The van der Waals surface area contributed by atoms with Crippen molar-refractivity contribution in [2.75, 3.05) is 6.54 Å². The molecule has 1 aromatic carbocycles. The van der Waals surface area contributed by atoms with Gasteiger partial charge in [-0.1, -0.05) is 30.3 Å². The molecule has 0 aromatic heterocycles. The van der Waals surface area contributed by atoms with Gasteiger partial charge >= 0.3 is 5.97 Å². The summed E-state index contributed by atoms with van der Waals surface area (Å²) in [5, 5.41) is 12.2. The Kier molecular flexibility index (Phi) is 2.50. The number of benzene rings is 1. The third-order valence-electron chi connectivity index (χ3n) is 2.70. The number of nitrogens with one attached hydrogen (secondary N) is 1. The molecule has 3 nitrogen and oxygen atoms in total. The van der Waals surface area contributed by atoms with E-state index in [2.05, 4.69) is 5.32 Å². The monoisotopic (exact) mass is 191 g/mol. The number of carboxylic acids is 1. The Balaban J connectivity index is 2.22. The van der Waals surface area contributed by atoms with Crippen LogP contribution >= 0.6 is 0 Å². The molecular formula is C11H13NO2. The molecule has 3 heteroatoms. The summed E-state index contributed by atoms with van der Waals surface area (Å²) in [7, 11) is 0. The van der Waals surface area contributed by atoms with Crippen molar-refractivity contribution in [1.29, 1.82) is 0 Å². The maximum Gasteiger partial charge on any atom is 0.308 e. The first-order chi connectivity index (χ1) is 6.79. The van der Waals surface area contributed by atoms with E-state index < -0.39 is 5.97 Å². The lowest BCUT2D eigenvalue weighted by atomic mass is 9.94. The van der Waals surface area contributed by atoms with E-state index in [9.17, 15) is 4.79 Å². The van der Waals surface area contributed by atoms with Crippen LogP contribution in [0.15, 0.2) is 30.3 Å². The third kappa shape index (κ3) is 1.63. The summed E-state index contributed by atoms with van der Waals surface area (Å²) in [6, 6.07) is 9.74. The molecular weight excluding hydrogens is 178 g/mol. The molecule has 1 saturated heterocycles. The minimum atomic E-state index is -0.705. The third-order valence-corrected chi connectivity index (χ3v) is 2.70. The van der Waals surface area contributed by atoms with E-state index in [0.29, 0.717) is 0 Å². The lowest BCUT2D eigenvalue weighted by Gasteiger charge is -2.15. The second kappa shape index (κ2) is 3.80. The van der Waals surface area contributed by atoms with Crippen LogP contribution in [0.4, 0.5) is 0 Å². The topological polar surface area (TPSA) is 49.3 Å². The molecule has 0 radical (unpaired) electrons. The maximum absolute atomic E-state index is 10.9. The highest BCUT2D eigenvalue weighted by Crippen LogP contribution is 2.29. The van der Waals surface area contributed by atoms with Crippen molar-refractivity contribution in [2.45, 2.75) is 12.5 Å². The van der Waals surface area contributed by atoms with Crippen molar-refractivity contribution in [3.8, 4) is 0 Å². The number of aliphatic carboxylic acids is 1. The number of hydrogen-bond donors (Lipinski definition) is 2. The molecule has 0 saturated carbocycles. The van der Waals surface area contributed by atoms with Gasteiger partial charge in [-0.2, -0.15) is 0 Å². The van der Waals surface area contributed by atoms with Gasteiger partial charge in [-0.15, -0.1) is 0 Å². The molecule has 1 aliphatic rings. The van der Waals surface area contributed by atoms with Crippen LogP contribution in [0.5, 0.6) is 0 Å². The van der Waals surface area contributed by atoms with E-state index in [0.717, 1.165) is 18.5 Å². The van der Waals surface area contributed by atoms with Crippen LogP contribution in [0.3, 0.4) is 0 Å². The quantitative estimate of drug-likeness (QED) is 0.743. The molecule has 2 atom stereocenters. The first-order valence-electron chi connectivity index (χ1n) is 4.80. The van der Waals surface area contributed by atoms with E-state index in [1.54, 1.807) is 0 Å². The SMILES string of the molecule is O=C(O)C1CCNC1c1ccccc1. The Morgan fingerprint density at radius 3 is 2.71 bits per heavy atom. The molecule has 2 unspecified atom stereocenters. The Hall–Kier alpha value is -1.35. The van der Waals surface area contributed by atoms with Crippen molar-refractivity contribution in [3.05, 3.63) is 35.9 Å². The Morgan fingerprint density at radius 2 is 2.07 bits per heavy atom. The van der Waals surface area contributed by atoms with Gasteiger partial charge in [0.25, 0.3) is 0 Å². The molecule has 74 valence electrons. The summed E-state index contributed by atoms with van der Waals surface area (Å²) < 4.78 is 0. The van der Waals surface area contributed by atoms with E-state index in [1.165, 1.54) is 0 Å². The van der Waals surface area contributed by atoms with Crippen LogP contribution < -0.4 is 5.32 Å². The first-order valence-corrected chi connectivity index (χ1v) is 4.80. The summed E-state index contributed by atoms with van der Waals surface area (Å²) in [5.41, 5.74) is 1.07. The second-order valence-electron chi connectivity index (χ2n) is 3.58. The van der Waals surface area contributed by atoms with Gasteiger partial charge in [0.2, 0.25) is 0 Å². The zero-order valence-corrected chi connectivity index (χ0v) is 7.81. The van der Waals surface area contributed by atoms with E-state index in [1.807, 2.05) is 30.3 Å². The Bertz CT molecular complexity index is 323. The van der Waals surface area contributed by atoms with Crippen molar-refractivity contribution >= 4 is 5.97 Å². The molecule has 0 aliphatic carbocycles. The first kappa shape index (κ1) is 9.21. The highest BCUT2D eigenvalue weighted by Gasteiger charge is 2.33. The van der Waals surface area contributed by atoms with Crippen LogP contribution in [0.25, 0.3) is 0 Å². The predicted octanol–water partition coefficient (Wildman–Crippen LogP) is 1.42. The van der Waals surface area contributed by atoms with Crippen molar-refractivity contribution in [3.63, 3.8) is 0 Å². The van der Waals surface area contributed by atoms with Crippen LogP contribution in [-0.4, -0.2) is 17.6 Å². The van der Waals surface area contributed by atoms with Gasteiger partial charge in [0, 0.05) is 6.04 Å². The highest BCUT2D eigenvalue weighted by molar-refractivity contribution is 5.71. The molecule has 2 rings (SSSR count). The van der Waals surface area contributed by atoms with Crippen LogP contribution in [-0.2, 0) is 4.79 Å². The average Bonchev–Trinajstić information content (AvgIpc) is 2.67. The molecule has 0 bridgehead atoms. The normalized spacial score (nSPS) is 26.3. The minimum Gasteiger partial charge on any atom is -0.481 e. The minimum absolute atomic E-state index is 0.0197. The van der Waals surface area contributed by atoms with E-state index >= 15 is 0 Å². The van der Waals surface area contributed by atoms with Gasteiger partial charge in [0.15, 0.2) is 0 Å². The molecule has 0 amide bonds. The number of carboxylic acid groups (broad SMARTS) is 1. The van der Waals surface area contributed by atoms with E-state index in [4.69, 9.17) is 5.11 Å². The molecule has 1 aliphatic heterocycles. The zero-order chi connectivity index (χ0) is 9.97. The summed E-state index contributed by atoms with van der Waals surface area (Å²) in [6.07, 6.45) is 0.717. The smallest absolute Gasteiger partial charge is 0.308 e. The largest absolute Gasteiger partial charge is 0.481 e. The molecule has 1 heterocycles. The predicted molar refractivity (Wildman–Crippen MR) is 52.9 cm³/mol. The van der Waals surface area contributed by atoms with Crippen LogP contribution in [0.2, 0.25) is 0 Å².